The fraction of sp³-hybridized carbons (Fsp3) is 0.500. The Morgan fingerprint density at radius 1 is 1.14 bits per heavy atom. The standard InChI is InChI=1S/C16H20N4O/c17-12-18-14-10-13(11-14)16(21)20-8-6-19(7-9-20)15-4-2-1-3-5-15/h1-5,13-14,18H,6-11H2/t13-,14+. The summed E-state index contributed by atoms with van der Waals surface area (Å²) < 4.78 is 0. The van der Waals surface area contributed by atoms with Crippen LogP contribution in [0.2, 0.25) is 0 Å². The Morgan fingerprint density at radius 2 is 1.81 bits per heavy atom. The number of para-hydroxylation sites is 1. The molecule has 0 unspecified atom stereocenters. The molecule has 1 heterocycles. The van der Waals surface area contributed by atoms with E-state index in [0.29, 0.717) is 0 Å². The lowest BCUT2D eigenvalue weighted by Crippen LogP contribution is -2.53. The monoisotopic (exact) mass is 284 g/mol. The van der Waals surface area contributed by atoms with Crippen molar-refractivity contribution in [1.82, 2.24) is 10.2 Å². The molecule has 5 nitrogen and oxygen atoms in total. The largest absolute Gasteiger partial charge is 0.368 e. The number of carbonyl (C=O) groups is 1. The summed E-state index contributed by atoms with van der Waals surface area (Å²) in [5.74, 6) is 0.373. The van der Waals surface area contributed by atoms with E-state index in [2.05, 4.69) is 22.3 Å². The second-order valence-corrected chi connectivity index (χ2v) is 5.77. The number of benzene rings is 1. The van der Waals surface area contributed by atoms with Crippen LogP contribution in [0.3, 0.4) is 0 Å². The van der Waals surface area contributed by atoms with Crippen molar-refractivity contribution in [3.8, 4) is 6.19 Å². The zero-order valence-corrected chi connectivity index (χ0v) is 12.0. The van der Waals surface area contributed by atoms with E-state index in [4.69, 9.17) is 5.26 Å². The SMILES string of the molecule is N#CN[C@H]1C[C@@H](C(=O)N2CCN(c3ccccc3)CC2)C1. The van der Waals surface area contributed by atoms with Crippen molar-refractivity contribution in [2.24, 2.45) is 5.92 Å². The van der Waals surface area contributed by atoms with Crippen LogP contribution < -0.4 is 10.2 Å². The van der Waals surface area contributed by atoms with Crippen molar-refractivity contribution in [3.63, 3.8) is 0 Å². The Bertz CT molecular complexity index is 525. The molecule has 5 heteroatoms. The van der Waals surface area contributed by atoms with E-state index < -0.39 is 0 Å². The number of nitrogens with zero attached hydrogens (tertiary/aromatic N) is 3. The first kappa shape index (κ1) is 13.7. The first-order valence-electron chi connectivity index (χ1n) is 7.51. The van der Waals surface area contributed by atoms with E-state index in [-0.39, 0.29) is 17.9 Å². The van der Waals surface area contributed by atoms with Crippen LogP contribution >= 0.6 is 0 Å². The van der Waals surface area contributed by atoms with Gasteiger partial charge in [-0.15, -0.1) is 0 Å². The van der Waals surface area contributed by atoms with Crippen molar-refractivity contribution in [3.05, 3.63) is 30.3 Å². The second-order valence-electron chi connectivity index (χ2n) is 5.77. The molecule has 1 aromatic carbocycles. The number of carbonyl (C=O) groups excluding carboxylic acids is 1. The van der Waals surface area contributed by atoms with Crippen molar-refractivity contribution >= 4 is 11.6 Å². The highest BCUT2D eigenvalue weighted by Crippen LogP contribution is 2.29. The van der Waals surface area contributed by atoms with Crippen molar-refractivity contribution < 1.29 is 4.79 Å². The normalized spacial score (nSPS) is 24.9. The molecule has 1 aromatic rings. The van der Waals surface area contributed by atoms with Gasteiger partial charge in [-0.25, -0.2) is 0 Å². The van der Waals surface area contributed by atoms with Crippen LogP contribution in [-0.2, 0) is 4.79 Å². The van der Waals surface area contributed by atoms with E-state index in [9.17, 15) is 4.79 Å². The highest BCUT2D eigenvalue weighted by molar-refractivity contribution is 5.80. The third-order valence-electron chi connectivity index (χ3n) is 4.47. The first-order chi connectivity index (χ1) is 10.3. The minimum Gasteiger partial charge on any atom is -0.368 e. The third-order valence-corrected chi connectivity index (χ3v) is 4.47. The van der Waals surface area contributed by atoms with Crippen LogP contribution in [0, 0.1) is 17.4 Å². The highest BCUT2D eigenvalue weighted by Gasteiger charge is 2.37. The van der Waals surface area contributed by atoms with Crippen molar-refractivity contribution in [1.29, 1.82) is 5.26 Å². The predicted octanol–water partition coefficient (Wildman–Crippen LogP) is 1.18. The van der Waals surface area contributed by atoms with Gasteiger partial charge in [0.05, 0.1) is 0 Å². The maximum absolute atomic E-state index is 12.4. The van der Waals surface area contributed by atoms with Gasteiger partial charge in [-0.3, -0.25) is 4.79 Å². The Kier molecular flexibility index (Phi) is 3.96. The number of hydrogen-bond acceptors (Lipinski definition) is 4. The smallest absolute Gasteiger partial charge is 0.225 e. The first-order valence-corrected chi connectivity index (χ1v) is 7.51. The molecule has 1 aliphatic carbocycles. The topological polar surface area (TPSA) is 59.4 Å². The lowest BCUT2D eigenvalue weighted by molar-refractivity contribution is -0.139. The summed E-state index contributed by atoms with van der Waals surface area (Å²) in [5.41, 5.74) is 1.23. The summed E-state index contributed by atoms with van der Waals surface area (Å²) in [5, 5.41) is 11.3. The average molecular weight is 284 g/mol. The highest BCUT2D eigenvalue weighted by atomic mass is 16.2. The molecule has 1 saturated carbocycles. The molecule has 0 radical (unpaired) electrons. The van der Waals surface area contributed by atoms with E-state index in [1.165, 1.54) is 5.69 Å². The second kappa shape index (κ2) is 6.04. The molecule has 2 fully saturated rings. The van der Waals surface area contributed by atoms with Gasteiger partial charge in [0.25, 0.3) is 0 Å². The molecule has 1 aliphatic heterocycles. The average Bonchev–Trinajstić information content (AvgIpc) is 2.51. The lowest BCUT2D eigenvalue weighted by atomic mass is 9.79. The number of piperazine rings is 1. The fourth-order valence-electron chi connectivity index (χ4n) is 3.11. The van der Waals surface area contributed by atoms with Gasteiger partial charge in [0, 0.05) is 43.8 Å². The van der Waals surface area contributed by atoms with Gasteiger partial charge in [-0.2, -0.15) is 5.26 Å². The number of nitriles is 1. The van der Waals surface area contributed by atoms with Gasteiger partial charge in [0.15, 0.2) is 6.19 Å². The van der Waals surface area contributed by atoms with Crippen molar-refractivity contribution in [2.75, 3.05) is 31.1 Å². The van der Waals surface area contributed by atoms with E-state index in [1.807, 2.05) is 29.3 Å². The Balaban J connectivity index is 1.48. The van der Waals surface area contributed by atoms with Crippen LogP contribution in [0.4, 0.5) is 5.69 Å². The fourth-order valence-corrected chi connectivity index (χ4v) is 3.11. The Morgan fingerprint density at radius 3 is 2.43 bits per heavy atom. The molecule has 1 N–H and O–H groups in total. The minimum atomic E-state index is 0.110. The Labute approximate surface area is 125 Å². The molecule has 2 aliphatic rings. The summed E-state index contributed by atoms with van der Waals surface area (Å²) in [6, 6.07) is 10.5. The number of anilines is 1. The molecule has 3 rings (SSSR count). The molecular formula is C16H20N4O. The van der Waals surface area contributed by atoms with Crippen LogP contribution in [-0.4, -0.2) is 43.0 Å². The van der Waals surface area contributed by atoms with Gasteiger partial charge in [-0.05, 0) is 25.0 Å². The maximum Gasteiger partial charge on any atom is 0.225 e. The van der Waals surface area contributed by atoms with Crippen LogP contribution in [0.5, 0.6) is 0 Å². The van der Waals surface area contributed by atoms with E-state index >= 15 is 0 Å². The van der Waals surface area contributed by atoms with E-state index in [1.54, 1.807) is 0 Å². The Hall–Kier alpha value is -2.22. The summed E-state index contributed by atoms with van der Waals surface area (Å²) >= 11 is 0. The maximum atomic E-state index is 12.4. The summed E-state index contributed by atoms with van der Waals surface area (Å²) in [6.07, 6.45) is 3.54. The number of rotatable bonds is 3. The van der Waals surface area contributed by atoms with Crippen LogP contribution in [0.1, 0.15) is 12.8 Å². The quantitative estimate of drug-likeness (QED) is 0.669. The molecule has 0 atom stereocenters. The molecule has 0 spiro atoms. The lowest BCUT2D eigenvalue weighted by Gasteiger charge is -2.41. The van der Waals surface area contributed by atoms with Crippen molar-refractivity contribution in [2.45, 2.75) is 18.9 Å². The third kappa shape index (κ3) is 2.94. The van der Waals surface area contributed by atoms with Gasteiger partial charge >= 0.3 is 0 Å². The van der Waals surface area contributed by atoms with Gasteiger partial charge in [0.1, 0.15) is 0 Å². The number of amides is 1. The predicted molar refractivity (Wildman–Crippen MR) is 80.5 cm³/mol. The number of nitrogens with one attached hydrogen (secondary N) is 1. The van der Waals surface area contributed by atoms with Crippen LogP contribution in [0.25, 0.3) is 0 Å². The van der Waals surface area contributed by atoms with E-state index in [0.717, 1.165) is 39.0 Å². The van der Waals surface area contributed by atoms with Gasteiger partial charge in [-0.1, -0.05) is 18.2 Å². The molecule has 1 amide bonds. The summed E-state index contributed by atoms with van der Waals surface area (Å²) in [4.78, 5) is 16.7. The molecule has 21 heavy (non-hydrogen) atoms. The van der Waals surface area contributed by atoms with Gasteiger partial charge < -0.3 is 15.1 Å². The molecule has 1 saturated heterocycles. The number of hydrogen-bond donors (Lipinski definition) is 1. The summed E-state index contributed by atoms with van der Waals surface area (Å²) in [6.45, 7) is 3.37. The zero-order valence-electron chi connectivity index (χ0n) is 12.0. The minimum absolute atomic E-state index is 0.110. The zero-order chi connectivity index (χ0) is 14.7. The molecule has 0 bridgehead atoms. The molecule has 110 valence electrons. The van der Waals surface area contributed by atoms with Gasteiger partial charge in [0.2, 0.25) is 5.91 Å². The van der Waals surface area contributed by atoms with Crippen LogP contribution in [0.15, 0.2) is 30.3 Å². The molecular weight excluding hydrogens is 264 g/mol. The summed E-state index contributed by atoms with van der Waals surface area (Å²) in [7, 11) is 0. The molecule has 0 aromatic heterocycles.